The van der Waals surface area contributed by atoms with E-state index in [1.54, 1.807) is 41.5 Å². The molecule has 0 bridgehead atoms. The predicted octanol–water partition coefficient (Wildman–Crippen LogP) is 2.44. The van der Waals surface area contributed by atoms with E-state index in [1.807, 2.05) is 0 Å². The van der Waals surface area contributed by atoms with E-state index in [9.17, 15) is 19.2 Å². The number of allylic oxidation sites excluding steroid dienone is 1. The minimum Gasteiger partial charge on any atom is -0.455 e. The number of rotatable bonds is 4. The van der Waals surface area contributed by atoms with Gasteiger partial charge in [0.2, 0.25) is 0 Å². The smallest absolute Gasteiger partial charge is 0.408 e. The van der Waals surface area contributed by atoms with Crippen molar-refractivity contribution in [3.8, 4) is 0 Å². The van der Waals surface area contributed by atoms with Crippen molar-refractivity contribution in [2.75, 3.05) is 5.33 Å². The highest BCUT2D eigenvalue weighted by Crippen LogP contribution is 2.38. The van der Waals surface area contributed by atoms with E-state index in [4.69, 9.17) is 9.47 Å². The van der Waals surface area contributed by atoms with Crippen LogP contribution in [0.15, 0.2) is 11.3 Å². The topological polar surface area (TPSA) is 102 Å². The zero-order valence-corrected chi connectivity index (χ0v) is 18.6. The monoisotopic (exact) mass is 458 g/mol. The van der Waals surface area contributed by atoms with Gasteiger partial charge in [-0.15, -0.1) is 0 Å². The van der Waals surface area contributed by atoms with Gasteiger partial charge in [0.15, 0.2) is 5.78 Å². The maximum Gasteiger partial charge on any atom is 0.408 e. The van der Waals surface area contributed by atoms with Gasteiger partial charge in [-0.25, -0.2) is 9.59 Å². The predicted molar refractivity (Wildman–Crippen MR) is 105 cm³/mol. The van der Waals surface area contributed by atoms with Crippen molar-refractivity contribution in [2.45, 2.75) is 77.7 Å². The van der Waals surface area contributed by atoms with E-state index in [2.05, 4.69) is 21.2 Å². The highest BCUT2D eigenvalue weighted by atomic mass is 79.9. The number of alkyl carbamates (subject to hydrolysis) is 1. The quantitative estimate of drug-likeness (QED) is 0.394. The molecule has 0 aromatic heterocycles. The van der Waals surface area contributed by atoms with Gasteiger partial charge in [-0.3, -0.25) is 14.5 Å². The zero-order chi connectivity index (χ0) is 21.4. The van der Waals surface area contributed by atoms with Crippen LogP contribution in [0.4, 0.5) is 4.79 Å². The van der Waals surface area contributed by atoms with E-state index < -0.39 is 41.3 Å². The van der Waals surface area contributed by atoms with Gasteiger partial charge in [-0.05, 0) is 54.4 Å². The maximum atomic E-state index is 12.7. The fraction of sp³-hybridized carbons (Fsp3) is 0.684. The first-order valence-corrected chi connectivity index (χ1v) is 10.3. The maximum absolute atomic E-state index is 12.7. The molecule has 0 spiro atoms. The molecular formula is C19H27BrN2O6. The third-order valence-corrected chi connectivity index (χ3v) is 4.67. The molecule has 0 aromatic rings. The summed E-state index contributed by atoms with van der Waals surface area (Å²) in [4.78, 5) is 51.1. The lowest BCUT2D eigenvalue weighted by Crippen LogP contribution is -2.72. The SMILES string of the molecule is CC(C)(C)OC(=O)NC1C(=O)N2C(C(=O)OC(C)(C)C)=C(C(=O)CBr)CC[C@@H]12. The molecule has 2 heterocycles. The van der Waals surface area contributed by atoms with Crippen molar-refractivity contribution in [1.29, 1.82) is 0 Å². The summed E-state index contributed by atoms with van der Waals surface area (Å²) in [6, 6.07) is -1.22. The van der Waals surface area contributed by atoms with Crippen LogP contribution in [0.1, 0.15) is 54.4 Å². The van der Waals surface area contributed by atoms with Crippen LogP contribution in [0.5, 0.6) is 0 Å². The average molecular weight is 459 g/mol. The molecular weight excluding hydrogens is 432 g/mol. The molecule has 28 heavy (non-hydrogen) atoms. The molecule has 8 nitrogen and oxygen atoms in total. The van der Waals surface area contributed by atoms with Crippen LogP contribution in [-0.4, -0.2) is 57.3 Å². The summed E-state index contributed by atoms with van der Waals surface area (Å²) in [6.07, 6.45) is 0.0719. The summed E-state index contributed by atoms with van der Waals surface area (Å²) >= 11 is 3.12. The number of alkyl halides is 1. The molecule has 0 aromatic carbocycles. The van der Waals surface area contributed by atoms with Crippen LogP contribution < -0.4 is 5.32 Å². The Bertz CT molecular complexity index is 732. The van der Waals surface area contributed by atoms with Crippen molar-refractivity contribution in [3.63, 3.8) is 0 Å². The number of hydrogen-bond donors (Lipinski definition) is 1. The third kappa shape index (κ3) is 4.92. The number of Topliss-reactive ketones (excluding diaryl/α,β-unsaturated/α-hetero) is 1. The van der Waals surface area contributed by atoms with Crippen molar-refractivity contribution in [1.82, 2.24) is 10.2 Å². The molecule has 2 rings (SSSR count). The molecule has 2 atom stereocenters. The summed E-state index contributed by atoms with van der Waals surface area (Å²) in [5, 5.41) is 2.61. The summed E-state index contributed by atoms with van der Waals surface area (Å²) in [7, 11) is 0. The van der Waals surface area contributed by atoms with Crippen molar-refractivity contribution in [3.05, 3.63) is 11.3 Å². The van der Waals surface area contributed by atoms with Crippen molar-refractivity contribution < 1.29 is 28.7 Å². The van der Waals surface area contributed by atoms with E-state index in [-0.39, 0.29) is 22.4 Å². The Hall–Kier alpha value is -1.90. The number of hydrogen-bond acceptors (Lipinski definition) is 6. The molecule has 0 radical (unpaired) electrons. The lowest BCUT2D eigenvalue weighted by Gasteiger charge is -2.50. The number of esters is 1. The van der Waals surface area contributed by atoms with Crippen molar-refractivity contribution in [2.24, 2.45) is 0 Å². The van der Waals surface area contributed by atoms with Gasteiger partial charge < -0.3 is 14.8 Å². The van der Waals surface area contributed by atoms with E-state index in [0.717, 1.165) is 0 Å². The van der Waals surface area contributed by atoms with Gasteiger partial charge in [-0.2, -0.15) is 0 Å². The Kier molecular flexibility index (Phi) is 6.28. The molecule has 156 valence electrons. The summed E-state index contributed by atoms with van der Waals surface area (Å²) in [5.74, 6) is -1.45. The molecule has 0 saturated carbocycles. The molecule has 2 amide bonds. The van der Waals surface area contributed by atoms with Crippen LogP contribution in [0.25, 0.3) is 0 Å². The minimum absolute atomic E-state index is 0.0251. The number of amides is 2. The van der Waals surface area contributed by atoms with Gasteiger partial charge in [0.05, 0.1) is 11.4 Å². The highest BCUT2D eigenvalue weighted by Gasteiger charge is 2.54. The molecule has 1 unspecified atom stereocenters. The summed E-state index contributed by atoms with van der Waals surface area (Å²) in [5.41, 5.74) is -1.23. The van der Waals surface area contributed by atoms with Crippen LogP contribution in [0.2, 0.25) is 0 Å². The zero-order valence-electron chi connectivity index (χ0n) is 17.1. The van der Waals surface area contributed by atoms with Gasteiger partial charge in [0.25, 0.3) is 5.91 Å². The standard InChI is InChI=1S/C19H27BrN2O6/c1-18(2,3)27-16(25)14-10(12(23)9-20)7-8-11-13(15(24)22(11)14)21-17(26)28-19(4,5)6/h11,13H,7-9H2,1-6H3,(H,21,26)/t11-,13?/m0/s1. The molecule has 1 N–H and O–H groups in total. The van der Waals surface area contributed by atoms with Crippen LogP contribution in [0.3, 0.4) is 0 Å². The number of carbonyl (C=O) groups is 4. The Balaban J connectivity index is 2.26. The highest BCUT2D eigenvalue weighted by molar-refractivity contribution is 9.09. The number of halogens is 1. The van der Waals surface area contributed by atoms with Gasteiger partial charge in [0.1, 0.15) is 22.9 Å². The summed E-state index contributed by atoms with van der Waals surface area (Å²) < 4.78 is 10.6. The third-order valence-electron chi connectivity index (χ3n) is 4.16. The molecule has 2 aliphatic heterocycles. The summed E-state index contributed by atoms with van der Waals surface area (Å²) in [6.45, 7) is 10.3. The molecule has 0 aliphatic carbocycles. The Morgan fingerprint density at radius 2 is 1.68 bits per heavy atom. The number of nitrogens with zero attached hydrogens (tertiary/aromatic N) is 1. The second kappa shape index (κ2) is 7.85. The Labute approximate surface area is 173 Å². The Morgan fingerprint density at radius 3 is 2.18 bits per heavy atom. The van der Waals surface area contributed by atoms with Crippen LogP contribution >= 0.6 is 15.9 Å². The Morgan fingerprint density at radius 1 is 1.11 bits per heavy atom. The van der Waals surface area contributed by atoms with Gasteiger partial charge in [-0.1, -0.05) is 15.9 Å². The van der Waals surface area contributed by atoms with Crippen LogP contribution in [-0.2, 0) is 23.9 Å². The van der Waals surface area contributed by atoms with Gasteiger partial charge >= 0.3 is 12.1 Å². The molecule has 9 heteroatoms. The average Bonchev–Trinajstić information content (AvgIpc) is 2.54. The first-order valence-electron chi connectivity index (χ1n) is 9.13. The normalized spacial score (nSPS) is 22.2. The first kappa shape index (κ1) is 22.4. The number of carbonyl (C=O) groups excluding carboxylic acids is 4. The number of nitrogens with one attached hydrogen (secondary N) is 1. The lowest BCUT2D eigenvalue weighted by atomic mass is 9.82. The molecule has 1 saturated heterocycles. The fourth-order valence-electron chi connectivity index (χ4n) is 3.17. The number of β-lactam (4-membered cyclic amide) rings is 1. The number of ether oxygens (including phenoxy) is 2. The molecule has 1 fully saturated rings. The number of ketones is 1. The van der Waals surface area contributed by atoms with Crippen molar-refractivity contribution >= 4 is 39.7 Å². The lowest BCUT2D eigenvalue weighted by molar-refractivity contribution is -0.162. The first-order chi connectivity index (χ1) is 12.7. The largest absolute Gasteiger partial charge is 0.455 e. The van der Waals surface area contributed by atoms with Gasteiger partial charge in [0, 0.05) is 5.57 Å². The minimum atomic E-state index is -0.798. The second-order valence-corrected chi connectivity index (χ2v) is 9.38. The molecule has 2 aliphatic rings. The van der Waals surface area contributed by atoms with E-state index >= 15 is 0 Å². The van der Waals surface area contributed by atoms with E-state index in [1.165, 1.54) is 4.90 Å². The van der Waals surface area contributed by atoms with Crippen LogP contribution in [0, 0.1) is 0 Å². The second-order valence-electron chi connectivity index (χ2n) is 8.82. The number of fused-ring (bicyclic) bond motifs is 1. The van der Waals surface area contributed by atoms with E-state index in [0.29, 0.717) is 12.8 Å². The fourth-order valence-corrected chi connectivity index (χ4v) is 3.50.